The maximum Gasteiger partial charge on any atom is 0.459 e. The van der Waals surface area contributed by atoms with Gasteiger partial charge in [0.2, 0.25) is 0 Å². The first-order valence-corrected chi connectivity index (χ1v) is 15.6. The Morgan fingerprint density at radius 3 is 2.48 bits per heavy atom. The molecule has 0 saturated heterocycles. The van der Waals surface area contributed by atoms with Crippen molar-refractivity contribution in [1.82, 2.24) is 19.6 Å². The molecule has 0 radical (unpaired) electrons. The average molecular weight is 618 g/mol. The first-order chi connectivity index (χ1) is 19.8. The summed E-state index contributed by atoms with van der Waals surface area (Å²) in [6.07, 6.45) is -0.701. The lowest BCUT2D eigenvalue weighted by Crippen LogP contribution is -2.39. The molecular formula is C29H37ClN5O6P. The topological polar surface area (TPSA) is 140 Å². The molecule has 3 N–H and O–H groups in total. The zero-order chi connectivity index (χ0) is 30.7. The third-order valence-corrected chi connectivity index (χ3v) is 8.08. The first kappa shape index (κ1) is 31.7. The van der Waals surface area contributed by atoms with E-state index in [1.165, 1.54) is 6.92 Å². The molecule has 13 heteroatoms. The van der Waals surface area contributed by atoms with Gasteiger partial charge in [-0.25, -0.2) is 14.5 Å². The molecule has 0 saturated carbocycles. The van der Waals surface area contributed by atoms with Crippen LogP contribution >= 0.6 is 19.3 Å². The molecule has 0 bridgehead atoms. The number of aromatic nitrogens is 3. The number of anilines is 1. The third kappa shape index (κ3) is 7.79. The van der Waals surface area contributed by atoms with Gasteiger partial charge in [0.15, 0.2) is 5.82 Å². The van der Waals surface area contributed by atoms with Gasteiger partial charge in [-0.05, 0) is 71.9 Å². The lowest BCUT2D eigenvalue weighted by atomic mass is 10.2. The SMILES string of the molecule is CCOCc1nc2c(N)nc3ccccc3c2n1C[C@@H](C)OP(=O)(N[C@@H](C)C(=O)OC(C)(C)C)Oc1ccc(Cl)cc1. The van der Waals surface area contributed by atoms with Crippen LogP contribution in [0.2, 0.25) is 5.02 Å². The monoisotopic (exact) mass is 617 g/mol. The Kier molecular flexibility index (Phi) is 9.80. The van der Waals surface area contributed by atoms with E-state index < -0.39 is 31.5 Å². The largest absolute Gasteiger partial charge is 0.459 e. The summed E-state index contributed by atoms with van der Waals surface area (Å²) < 4.78 is 39.2. The van der Waals surface area contributed by atoms with Crippen LogP contribution in [-0.4, -0.2) is 44.9 Å². The van der Waals surface area contributed by atoms with Crippen LogP contribution < -0.4 is 15.3 Å². The first-order valence-electron chi connectivity index (χ1n) is 13.6. The smallest absolute Gasteiger partial charge is 0.459 e. The van der Waals surface area contributed by atoms with E-state index in [1.807, 2.05) is 35.8 Å². The number of halogens is 1. The number of rotatable bonds is 12. The molecule has 0 amide bonds. The van der Waals surface area contributed by atoms with Gasteiger partial charge in [-0.2, -0.15) is 5.09 Å². The van der Waals surface area contributed by atoms with E-state index in [0.717, 1.165) is 10.9 Å². The summed E-state index contributed by atoms with van der Waals surface area (Å²) in [5.41, 5.74) is 7.57. The number of nitrogen functional groups attached to an aromatic ring is 1. The second-order valence-electron chi connectivity index (χ2n) is 10.8. The van der Waals surface area contributed by atoms with Crippen molar-refractivity contribution in [2.75, 3.05) is 12.3 Å². The van der Waals surface area contributed by atoms with Gasteiger partial charge < -0.3 is 24.3 Å². The van der Waals surface area contributed by atoms with Crippen LogP contribution in [0, 0.1) is 0 Å². The molecule has 1 unspecified atom stereocenters. The maximum absolute atomic E-state index is 14.2. The average Bonchev–Trinajstić information content (AvgIpc) is 3.26. The van der Waals surface area contributed by atoms with E-state index in [-0.39, 0.29) is 18.9 Å². The van der Waals surface area contributed by atoms with Crippen LogP contribution in [0.3, 0.4) is 0 Å². The second kappa shape index (κ2) is 13.0. The molecule has 0 aliphatic heterocycles. The highest BCUT2D eigenvalue weighted by atomic mass is 35.5. The predicted molar refractivity (Wildman–Crippen MR) is 163 cm³/mol. The van der Waals surface area contributed by atoms with Crippen LogP contribution in [0.25, 0.3) is 21.9 Å². The van der Waals surface area contributed by atoms with Crippen LogP contribution in [0.4, 0.5) is 5.82 Å². The summed E-state index contributed by atoms with van der Waals surface area (Å²) in [6.45, 7) is 11.4. The summed E-state index contributed by atoms with van der Waals surface area (Å²) in [5.74, 6) is 0.538. The molecule has 2 aromatic carbocycles. The van der Waals surface area contributed by atoms with Crippen LogP contribution in [0.15, 0.2) is 48.5 Å². The number of nitrogens with zero attached hydrogens (tertiary/aromatic N) is 3. The minimum atomic E-state index is -4.16. The molecule has 226 valence electrons. The number of ether oxygens (including phenoxy) is 2. The third-order valence-electron chi connectivity index (χ3n) is 6.03. The van der Waals surface area contributed by atoms with Gasteiger partial charge in [0.25, 0.3) is 0 Å². The highest BCUT2D eigenvalue weighted by Gasteiger charge is 2.35. The number of esters is 1. The van der Waals surface area contributed by atoms with Gasteiger partial charge >= 0.3 is 13.7 Å². The van der Waals surface area contributed by atoms with Crippen molar-refractivity contribution in [3.8, 4) is 5.75 Å². The molecule has 0 aliphatic rings. The minimum Gasteiger partial charge on any atom is -0.459 e. The highest BCUT2D eigenvalue weighted by molar-refractivity contribution is 7.52. The molecule has 0 aliphatic carbocycles. The van der Waals surface area contributed by atoms with Crippen molar-refractivity contribution < 1.29 is 27.9 Å². The molecule has 2 aromatic heterocycles. The maximum atomic E-state index is 14.2. The van der Waals surface area contributed by atoms with E-state index in [4.69, 9.17) is 40.8 Å². The normalized spacial score (nSPS) is 14.9. The number of imidazole rings is 1. The minimum absolute atomic E-state index is 0.211. The zero-order valence-electron chi connectivity index (χ0n) is 24.6. The number of pyridine rings is 1. The number of nitrogens with two attached hydrogens (primary N) is 1. The molecule has 0 fully saturated rings. The quantitative estimate of drug-likeness (QED) is 0.138. The van der Waals surface area contributed by atoms with E-state index in [1.54, 1.807) is 52.0 Å². The van der Waals surface area contributed by atoms with Gasteiger partial charge in [-0.3, -0.25) is 9.32 Å². The lowest BCUT2D eigenvalue weighted by molar-refractivity contribution is -0.156. The van der Waals surface area contributed by atoms with Crippen molar-refractivity contribution in [1.29, 1.82) is 0 Å². The summed E-state index contributed by atoms with van der Waals surface area (Å²) in [4.78, 5) is 22.0. The van der Waals surface area contributed by atoms with Gasteiger partial charge in [0, 0.05) is 17.0 Å². The molecule has 2 heterocycles. The molecule has 42 heavy (non-hydrogen) atoms. The van der Waals surface area contributed by atoms with E-state index in [9.17, 15) is 9.36 Å². The van der Waals surface area contributed by atoms with Gasteiger partial charge in [-0.1, -0.05) is 29.8 Å². The van der Waals surface area contributed by atoms with E-state index >= 15 is 0 Å². The second-order valence-corrected chi connectivity index (χ2v) is 12.9. The van der Waals surface area contributed by atoms with Crippen LogP contribution in [-0.2, 0) is 36.5 Å². The number of nitrogens with one attached hydrogen (secondary N) is 1. The van der Waals surface area contributed by atoms with Gasteiger partial charge in [0.1, 0.15) is 35.3 Å². The Morgan fingerprint density at radius 1 is 1.12 bits per heavy atom. The van der Waals surface area contributed by atoms with Crippen molar-refractivity contribution in [2.45, 2.75) is 72.4 Å². The summed E-state index contributed by atoms with van der Waals surface area (Å²) in [7, 11) is -4.16. The molecule has 4 aromatic rings. The van der Waals surface area contributed by atoms with Crippen LogP contribution in [0.5, 0.6) is 5.75 Å². The Balaban J connectivity index is 1.68. The summed E-state index contributed by atoms with van der Waals surface area (Å²) >= 11 is 6.02. The predicted octanol–water partition coefficient (Wildman–Crippen LogP) is 6.27. The Bertz CT molecular complexity index is 1600. The van der Waals surface area contributed by atoms with Gasteiger partial charge in [-0.15, -0.1) is 0 Å². The number of benzene rings is 2. The molecule has 3 atom stereocenters. The molecule has 11 nitrogen and oxygen atoms in total. The fourth-order valence-electron chi connectivity index (χ4n) is 4.33. The molecular weight excluding hydrogens is 581 g/mol. The van der Waals surface area contributed by atoms with E-state index in [2.05, 4.69) is 10.1 Å². The summed E-state index contributed by atoms with van der Waals surface area (Å²) in [5, 5.41) is 4.07. The Morgan fingerprint density at radius 2 is 1.81 bits per heavy atom. The zero-order valence-corrected chi connectivity index (χ0v) is 26.2. The molecule has 4 rings (SSSR count). The van der Waals surface area contributed by atoms with Crippen molar-refractivity contribution >= 4 is 53.1 Å². The standard InChI is InChI=1S/C29H37ClN5O6P/c1-7-38-17-24-33-25-26(22-10-8-9-11-23(22)32-27(25)31)35(24)16-18(2)40-42(37,41-21-14-12-20(30)13-15-21)34-19(3)28(36)39-29(4,5)6/h8-15,18-19H,7,16-17H2,1-6H3,(H2,31,32)(H,34,37)/t18-,19+,42?/m1/s1. The lowest BCUT2D eigenvalue weighted by Gasteiger charge is -2.28. The number of hydrogen-bond acceptors (Lipinski definition) is 9. The van der Waals surface area contributed by atoms with Crippen molar-refractivity contribution in [2.24, 2.45) is 0 Å². The molecule has 0 spiro atoms. The number of para-hydroxylation sites is 1. The van der Waals surface area contributed by atoms with E-state index in [0.29, 0.717) is 34.3 Å². The number of carbonyl (C=O) groups excluding carboxylic acids is 1. The summed E-state index contributed by atoms with van der Waals surface area (Å²) in [6, 6.07) is 12.9. The number of fused-ring (bicyclic) bond motifs is 3. The van der Waals surface area contributed by atoms with Gasteiger partial charge in [0.05, 0.1) is 23.7 Å². The van der Waals surface area contributed by atoms with Crippen molar-refractivity contribution in [3.63, 3.8) is 0 Å². The fourth-order valence-corrected chi connectivity index (χ4v) is 6.13. The Labute approximate surface area is 250 Å². The Hall–Kier alpha value is -3.21. The fraction of sp³-hybridized carbons (Fsp3) is 0.414. The number of hydrogen-bond donors (Lipinski definition) is 2. The van der Waals surface area contributed by atoms with Crippen molar-refractivity contribution in [3.05, 3.63) is 59.4 Å². The number of carbonyl (C=O) groups is 1. The van der Waals surface area contributed by atoms with Crippen LogP contribution in [0.1, 0.15) is 47.4 Å². The highest BCUT2D eigenvalue weighted by Crippen LogP contribution is 2.47.